The van der Waals surface area contributed by atoms with Crippen molar-refractivity contribution in [3.05, 3.63) is 24.2 Å². The molecule has 82 valence electrons. The molecule has 0 spiro atoms. The lowest BCUT2D eigenvalue weighted by atomic mass is 9.78. The van der Waals surface area contributed by atoms with Crippen molar-refractivity contribution >= 4 is 5.78 Å². The number of Topliss-reactive ketones (excluding diaryl/α,β-unsaturated/α-hetero) is 1. The van der Waals surface area contributed by atoms with Crippen LogP contribution in [0.25, 0.3) is 0 Å². The Bertz CT molecular complexity index is 305. The molecule has 1 aromatic heterocycles. The van der Waals surface area contributed by atoms with Crippen LogP contribution in [0.2, 0.25) is 0 Å². The predicted octanol–water partition coefficient (Wildman–Crippen LogP) is 3.68. The lowest BCUT2D eigenvalue weighted by Gasteiger charge is -2.26. The highest BCUT2D eigenvalue weighted by molar-refractivity contribution is 5.95. The Morgan fingerprint density at radius 1 is 1.40 bits per heavy atom. The molecule has 0 atom stereocenters. The van der Waals surface area contributed by atoms with Crippen molar-refractivity contribution < 1.29 is 9.21 Å². The fourth-order valence-electron chi connectivity index (χ4n) is 2.45. The predicted molar refractivity (Wildman–Crippen MR) is 58.8 cm³/mol. The number of carbonyl (C=O) groups excluding carboxylic acids is 1. The normalized spacial score (nSPS) is 26.5. The van der Waals surface area contributed by atoms with Crippen molar-refractivity contribution in [1.82, 2.24) is 0 Å². The van der Waals surface area contributed by atoms with Crippen LogP contribution < -0.4 is 0 Å². The first kappa shape index (κ1) is 10.5. The maximum absolute atomic E-state index is 12.0. The van der Waals surface area contributed by atoms with Crippen molar-refractivity contribution in [2.24, 2.45) is 11.8 Å². The molecule has 1 aliphatic carbocycles. The van der Waals surface area contributed by atoms with E-state index in [1.165, 1.54) is 19.3 Å². The Kier molecular flexibility index (Phi) is 3.24. The van der Waals surface area contributed by atoms with E-state index in [0.717, 1.165) is 18.8 Å². The number of furan rings is 1. The number of rotatable bonds is 3. The molecule has 1 fully saturated rings. The van der Waals surface area contributed by atoms with Gasteiger partial charge in [0, 0.05) is 5.92 Å². The monoisotopic (exact) mass is 206 g/mol. The van der Waals surface area contributed by atoms with E-state index in [-0.39, 0.29) is 11.7 Å². The van der Waals surface area contributed by atoms with Crippen LogP contribution in [-0.4, -0.2) is 5.78 Å². The highest BCUT2D eigenvalue weighted by Gasteiger charge is 2.27. The molecule has 0 unspecified atom stereocenters. The zero-order chi connectivity index (χ0) is 10.7. The lowest BCUT2D eigenvalue weighted by molar-refractivity contribution is 0.0842. The van der Waals surface area contributed by atoms with E-state index in [1.807, 2.05) is 0 Å². The van der Waals surface area contributed by atoms with E-state index in [2.05, 4.69) is 6.92 Å². The third-order valence-electron chi connectivity index (χ3n) is 3.56. The molecule has 0 aromatic carbocycles. The van der Waals surface area contributed by atoms with Crippen LogP contribution in [0.5, 0.6) is 0 Å². The number of ketones is 1. The van der Waals surface area contributed by atoms with Gasteiger partial charge in [0.15, 0.2) is 5.76 Å². The molecule has 0 radical (unpaired) electrons. The summed E-state index contributed by atoms with van der Waals surface area (Å²) in [6.45, 7) is 2.24. The van der Waals surface area contributed by atoms with E-state index in [9.17, 15) is 4.79 Å². The van der Waals surface area contributed by atoms with Crippen molar-refractivity contribution in [2.45, 2.75) is 39.0 Å². The van der Waals surface area contributed by atoms with E-state index in [0.29, 0.717) is 5.76 Å². The SMILES string of the molecule is CCC1CCC(C(=O)c2ccco2)CC1. The Labute approximate surface area is 90.7 Å². The summed E-state index contributed by atoms with van der Waals surface area (Å²) in [7, 11) is 0. The molecule has 15 heavy (non-hydrogen) atoms. The third kappa shape index (κ3) is 2.31. The van der Waals surface area contributed by atoms with Crippen LogP contribution in [0.4, 0.5) is 0 Å². The van der Waals surface area contributed by atoms with Crippen LogP contribution in [0, 0.1) is 11.8 Å². The van der Waals surface area contributed by atoms with Gasteiger partial charge in [-0.3, -0.25) is 4.79 Å². The Hall–Kier alpha value is -1.05. The third-order valence-corrected chi connectivity index (χ3v) is 3.56. The molecule has 1 aromatic rings. The topological polar surface area (TPSA) is 30.2 Å². The maximum Gasteiger partial charge on any atom is 0.201 e. The second kappa shape index (κ2) is 4.65. The van der Waals surface area contributed by atoms with Gasteiger partial charge in [0.25, 0.3) is 0 Å². The lowest BCUT2D eigenvalue weighted by Crippen LogP contribution is -2.21. The summed E-state index contributed by atoms with van der Waals surface area (Å²) in [6.07, 6.45) is 7.31. The molecule has 0 bridgehead atoms. The van der Waals surface area contributed by atoms with Gasteiger partial charge in [-0.05, 0) is 43.7 Å². The average molecular weight is 206 g/mol. The first-order valence-corrected chi connectivity index (χ1v) is 5.89. The molecule has 0 N–H and O–H groups in total. The van der Waals surface area contributed by atoms with Crippen molar-refractivity contribution in [1.29, 1.82) is 0 Å². The average Bonchev–Trinajstić information content (AvgIpc) is 2.82. The van der Waals surface area contributed by atoms with E-state index in [1.54, 1.807) is 18.4 Å². The molecule has 0 amide bonds. The Morgan fingerprint density at radius 2 is 2.13 bits per heavy atom. The highest BCUT2D eigenvalue weighted by atomic mass is 16.3. The molecule has 2 nitrogen and oxygen atoms in total. The summed E-state index contributed by atoms with van der Waals surface area (Å²) < 4.78 is 5.15. The molecule has 0 aliphatic heterocycles. The van der Waals surface area contributed by atoms with Gasteiger partial charge in [-0.15, -0.1) is 0 Å². The van der Waals surface area contributed by atoms with Gasteiger partial charge in [-0.25, -0.2) is 0 Å². The molecule has 1 saturated carbocycles. The zero-order valence-electron chi connectivity index (χ0n) is 9.24. The Morgan fingerprint density at radius 3 is 2.67 bits per heavy atom. The summed E-state index contributed by atoms with van der Waals surface area (Å²) >= 11 is 0. The van der Waals surface area contributed by atoms with E-state index in [4.69, 9.17) is 4.42 Å². The van der Waals surface area contributed by atoms with Gasteiger partial charge in [-0.1, -0.05) is 13.3 Å². The molecular formula is C13H18O2. The summed E-state index contributed by atoms with van der Waals surface area (Å²) in [5.74, 6) is 1.79. The minimum absolute atomic E-state index is 0.203. The van der Waals surface area contributed by atoms with Gasteiger partial charge in [-0.2, -0.15) is 0 Å². The number of hydrogen-bond acceptors (Lipinski definition) is 2. The van der Waals surface area contributed by atoms with Crippen molar-refractivity contribution in [2.75, 3.05) is 0 Å². The molecule has 1 heterocycles. The standard InChI is InChI=1S/C13H18O2/c1-2-10-5-7-11(8-6-10)13(14)12-4-3-9-15-12/h3-4,9-11H,2,5-8H2,1H3. The smallest absolute Gasteiger partial charge is 0.201 e. The summed E-state index contributed by atoms with van der Waals surface area (Å²) in [5.41, 5.74) is 0. The largest absolute Gasteiger partial charge is 0.461 e. The zero-order valence-corrected chi connectivity index (χ0v) is 9.24. The van der Waals surface area contributed by atoms with Crippen molar-refractivity contribution in [3.8, 4) is 0 Å². The van der Waals surface area contributed by atoms with Crippen molar-refractivity contribution in [3.63, 3.8) is 0 Å². The van der Waals surface area contributed by atoms with Gasteiger partial charge in [0.2, 0.25) is 5.78 Å². The van der Waals surface area contributed by atoms with Crippen LogP contribution >= 0.6 is 0 Å². The molecule has 2 rings (SSSR count). The van der Waals surface area contributed by atoms with Crippen LogP contribution in [0.1, 0.15) is 49.6 Å². The fourth-order valence-corrected chi connectivity index (χ4v) is 2.45. The summed E-state index contributed by atoms with van der Waals surface area (Å²) in [6, 6.07) is 3.55. The van der Waals surface area contributed by atoms with E-state index >= 15 is 0 Å². The molecular weight excluding hydrogens is 188 g/mol. The number of hydrogen-bond donors (Lipinski definition) is 0. The molecule has 1 aliphatic rings. The van der Waals surface area contributed by atoms with Crippen LogP contribution in [-0.2, 0) is 0 Å². The summed E-state index contributed by atoms with van der Waals surface area (Å²) in [5, 5.41) is 0. The summed E-state index contributed by atoms with van der Waals surface area (Å²) in [4.78, 5) is 12.0. The van der Waals surface area contributed by atoms with Gasteiger partial charge >= 0.3 is 0 Å². The van der Waals surface area contributed by atoms with Gasteiger partial charge in [0.05, 0.1) is 6.26 Å². The molecule has 2 heteroatoms. The second-order valence-electron chi connectivity index (χ2n) is 4.47. The second-order valence-corrected chi connectivity index (χ2v) is 4.47. The van der Waals surface area contributed by atoms with Crippen LogP contribution in [0.15, 0.2) is 22.8 Å². The molecule has 0 saturated heterocycles. The first-order valence-electron chi connectivity index (χ1n) is 5.89. The Balaban J connectivity index is 1.93. The minimum Gasteiger partial charge on any atom is -0.461 e. The fraction of sp³-hybridized carbons (Fsp3) is 0.615. The first-order chi connectivity index (χ1) is 7.31. The van der Waals surface area contributed by atoms with Gasteiger partial charge in [0.1, 0.15) is 0 Å². The van der Waals surface area contributed by atoms with E-state index < -0.39 is 0 Å². The number of carbonyl (C=O) groups is 1. The quantitative estimate of drug-likeness (QED) is 0.706. The van der Waals surface area contributed by atoms with Crippen LogP contribution in [0.3, 0.4) is 0 Å². The van der Waals surface area contributed by atoms with Gasteiger partial charge < -0.3 is 4.42 Å². The minimum atomic E-state index is 0.203. The maximum atomic E-state index is 12.0. The highest BCUT2D eigenvalue weighted by Crippen LogP contribution is 2.32.